The Morgan fingerprint density at radius 1 is 1.05 bits per heavy atom. The predicted octanol–water partition coefficient (Wildman–Crippen LogP) is 2.24. The number of pyridine rings is 1. The molecule has 1 saturated heterocycles. The van der Waals surface area contributed by atoms with E-state index in [9.17, 15) is 18.8 Å². The molecule has 1 aliphatic rings. The first-order valence-corrected chi connectivity index (χ1v) is 13.4. The van der Waals surface area contributed by atoms with Gasteiger partial charge in [-0.25, -0.2) is 14.2 Å². The Bertz CT molecular complexity index is 1650. The Kier molecular flexibility index (Phi) is 7.66. The zero-order chi connectivity index (χ0) is 28.6. The highest BCUT2D eigenvalue weighted by Gasteiger charge is 2.32. The van der Waals surface area contributed by atoms with E-state index in [-0.39, 0.29) is 23.2 Å². The number of amides is 1. The molecule has 40 heavy (non-hydrogen) atoms. The molecule has 4 heterocycles. The number of imidazole rings is 1. The molecule has 1 atom stereocenters. The van der Waals surface area contributed by atoms with Gasteiger partial charge in [-0.3, -0.25) is 23.7 Å². The normalized spacial score (nSPS) is 15.4. The van der Waals surface area contributed by atoms with Crippen molar-refractivity contribution in [2.45, 2.75) is 32.4 Å². The van der Waals surface area contributed by atoms with Crippen molar-refractivity contribution in [1.29, 1.82) is 0 Å². The Balaban J connectivity index is 1.26. The molecule has 3 aromatic heterocycles. The van der Waals surface area contributed by atoms with E-state index < -0.39 is 11.7 Å². The van der Waals surface area contributed by atoms with Gasteiger partial charge in [0.05, 0.1) is 18.1 Å². The standard InChI is InChI=1S/C29H34FN7O3/c1-19-6-5-13-31-23(19)24(20-7-9-22(30)10-8-20)33(2)27(38)21-11-14-36(15-12-21)16-17-37-18-32-26-25(37)28(39)35(4)29(40)34(26)3/h5-10,13,18,21,24H,11-12,14-17H2,1-4H3. The van der Waals surface area contributed by atoms with Crippen LogP contribution in [0.4, 0.5) is 4.39 Å². The van der Waals surface area contributed by atoms with Crippen molar-refractivity contribution in [3.63, 3.8) is 0 Å². The maximum atomic E-state index is 13.7. The van der Waals surface area contributed by atoms with Crippen molar-refractivity contribution in [2.24, 2.45) is 20.0 Å². The molecule has 10 nitrogen and oxygen atoms in total. The van der Waals surface area contributed by atoms with Crippen LogP contribution in [-0.4, -0.2) is 66.1 Å². The summed E-state index contributed by atoms with van der Waals surface area (Å²) in [7, 11) is 4.88. The molecule has 0 saturated carbocycles. The maximum Gasteiger partial charge on any atom is 0.332 e. The van der Waals surface area contributed by atoms with Gasteiger partial charge in [-0.05, 0) is 62.2 Å². The highest BCUT2D eigenvalue weighted by Crippen LogP contribution is 2.31. The van der Waals surface area contributed by atoms with Crippen LogP contribution in [0, 0.1) is 18.7 Å². The molecule has 0 N–H and O–H groups in total. The van der Waals surface area contributed by atoms with Gasteiger partial charge in [-0.2, -0.15) is 0 Å². The lowest BCUT2D eigenvalue weighted by atomic mass is 9.92. The van der Waals surface area contributed by atoms with Crippen LogP contribution >= 0.6 is 0 Å². The van der Waals surface area contributed by atoms with E-state index in [1.165, 1.54) is 23.7 Å². The summed E-state index contributed by atoms with van der Waals surface area (Å²) in [5.41, 5.74) is 2.58. The second kappa shape index (κ2) is 11.2. The smallest absolute Gasteiger partial charge is 0.332 e. The van der Waals surface area contributed by atoms with Crippen LogP contribution < -0.4 is 11.2 Å². The average Bonchev–Trinajstić information content (AvgIpc) is 3.40. The molecule has 0 spiro atoms. The Hall–Kier alpha value is -4.12. The summed E-state index contributed by atoms with van der Waals surface area (Å²) < 4.78 is 18.0. The van der Waals surface area contributed by atoms with E-state index in [0.29, 0.717) is 37.1 Å². The fourth-order valence-corrected chi connectivity index (χ4v) is 5.63. The topological polar surface area (TPSA) is 98.3 Å². The summed E-state index contributed by atoms with van der Waals surface area (Å²) >= 11 is 0. The Morgan fingerprint density at radius 2 is 1.75 bits per heavy atom. The molecule has 0 bridgehead atoms. The van der Waals surface area contributed by atoms with Gasteiger partial charge in [-0.15, -0.1) is 0 Å². The second-order valence-corrected chi connectivity index (χ2v) is 10.5. The summed E-state index contributed by atoms with van der Waals surface area (Å²) in [6.45, 7) is 4.70. The fraction of sp³-hybridized carbons (Fsp3) is 0.414. The van der Waals surface area contributed by atoms with E-state index >= 15 is 0 Å². The van der Waals surface area contributed by atoms with Crippen LogP contribution in [0.25, 0.3) is 11.2 Å². The van der Waals surface area contributed by atoms with Gasteiger partial charge >= 0.3 is 5.69 Å². The number of halogens is 1. The van der Waals surface area contributed by atoms with Gasteiger partial charge < -0.3 is 14.4 Å². The third-order valence-electron chi connectivity index (χ3n) is 8.04. The SMILES string of the molecule is Cc1cccnc1C(c1ccc(F)cc1)N(C)C(=O)C1CCN(CCn2cnc3c2c(=O)n(C)c(=O)n3C)CC1. The van der Waals surface area contributed by atoms with Crippen molar-refractivity contribution < 1.29 is 9.18 Å². The first kappa shape index (κ1) is 27.4. The second-order valence-electron chi connectivity index (χ2n) is 10.5. The van der Waals surface area contributed by atoms with Gasteiger partial charge in [-0.1, -0.05) is 18.2 Å². The molecule has 11 heteroatoms. The number of aromatic nitrogens is 5. The van der Waals surface area contributed by atoms with E-state index in [1.54, 1.807) is 48.2 Å². The third-order valence-corrected chi connectivity index (χ3v) is 8.04. The molecule has 210 valence electrons. The first-order chi connectivity index (χ1) is 19.2. The van der Waals surface area contributed by atoms with Crippen LogP contribution in [-0.2, 0) is 25.4 Å². The molecule has 1 fully saturated rings. The van der Waals surface area contributed by atoms with Crippen LogP contribution in [0.2, 0.25) is 0 Å². The Labute approximate surface area is 231 Å². The molecule has 1 aliphatic heterocycles. The highest BCUT2D eigenvalue weighted by atomic mass is 19.1. The van der Waals surface area contributed by atoms with Crippen LogP contribution in [0.5, 0.6) is 0 Å². The first-order valence-electron chi connectivity index (χ1n) is 13.4. The number of nitrogens with zero attached hydrogens (tertiary/aromatic N) is 7. The number of rotatable bonds is 7. The van der Waals surface area contributed by atoms with Crippen molar-refractivity contribution in [2.75, 3.05) is 26.7 Å². The van der Waals surface area contributed by atoms with E-state index in [2.05, 4.69) is 14.9 Å². The van der Waals surface area contributed by atoms with Gasteiger partial charge in [0.2, 0.25) is 5.91 Å². The molecular formula is C29H34FN7O3. The summed E-state index contributed by atoms with van der Waals surface area (Å²) in [5.74, 6) is -0.414. The van der Waals surface area contributed by atoms with E-state index in [4.69, 9.17) is 0 Å². The quantitative estimate of drug-likeness (QED) is 0.352. The number of carbonyl (C=O) groups is 1. The molecule has 4 aromatic rings. The zero-order valence-corrected chi connectivity index (χ0v) is 23.2. The summed E-state index contributed by atoms with van der Waals surface area (Å²) in [5, 5.41) is 0. The molecule has 5 rings (SSSR count). The molecule has 1 amide bonds. The van der Waals surface area contributed by atoms with Gasteiger partial charge in [0.15, 0.2) is 11.2 Å². The van der Waals surface area contributed by atoms with Crippen molar-refractivity contribution >= 4 is 17.1 Å². The number of likely N-dealkylation sites (tertiary alicyclic amines) is 1. The fourth-order valence-electron chi connectivity index (χ4n) is 5.63. The van der Waals surface area contributed by atoms with Crippen molar-refractivity contribution in [1.82, 2.24) is 33.5 Å². The molecule has 0 aliphatic carbocycles. The third kappa shape index (κ3) is 5.08. The van der Waals surface area contributed by atoms with Crippen molar-refractivity contribution in [3.8, 4) is 0 Å². The Morgan fingerprint density at radius 3 is 2.42 bits per heavy atom. The number of piperidine rings is 1. The van der Waals surface area contributed by atoms with Gasteiger partial charge in [0, 0.05) is 46.3 Å². The largest absolute Gasteiger partial charge is 0.333 e. The number of hydrogen-bond donors (Lipinski definition) is 0. The minimum Gasteiger partial charge on any atom is -0.333 e. The van der Waals surface area contributed by atoms with E-state index in [0.717, 1.165) is 34.5 Å². The summed E-state index contributed by atoms with van der Waals surface area (Å²) in [6, 6.07) is 9.67. The zero-order valence-electron chi connectivity index (χ0n) is 23.2. The highest BCUT2D eigenvalue weighted by molar-refractivity contribution is 5.79. The number of benzene rings is 1. The van der Waals surface area contributed by atoms with E-state index in [1.807, 2.05) is 19.1 Å². The van der Waals surface area contributed by atoms with Crippen molar-refractivity contribution in [3.05, 3.63) is 92.4 Å². The molecular weight excluding hydrogens is 513 g/mol. The molecule has 0 radical (unpaired) electrons. The lowest BCUT2D eigenvalue weighted by Crippen LogP contribution is -2.43. The van der Waals surface area contributed by atoms with Gasteiger partial charge in [0.1, 0.15) is 5.82 Å². The van der Waals surface area contributed by atoms with Gasteiger partial charge in [0.25, 0.3) is 5.56 Å². The van der Waals surface area contributed by atoms with Crippen LogP contribution in [0.15, 0.2) is 58.5 Å². The number of carbonyl (C=O) groups excluding carboxylic acids is 1. The lowest BCUT2D eigenvalue weighted by Gasteiger charge is -2.36. The lowest BCUT2D eigenvalue weighted by molar-refractivity contribution is -0.137. The monoisotopic (exact) mass is 547 g/mol. The van der Waals surface area contributed by atoms with Crippen LogP contribution in [0.3, 0.4) is 0 Å². The number of hydrogen-bond acceptors (Lipinski definition) is 6. The predicted molar refractivity (Wildman–Crippen MR) is 149 cm³/mol. The minimum absolute atomic E-state index is 0.0454. The minimum atomic E-state index is -0.416. The molecule has 1 aromatic carbocycles. The molecule has 1 unspecified atom stereocenters. The van der Waals surface area contributed by atoms with Crippen LogP contribution in [0.1, 0.15) is 35.7 Å². The summed E-state index contributed by atoms with van der Waals surface area (Å²) in [6.07, 6.45) is 4.74. The summed E-state index contributed by atoms with van der Waals surface area (Å²) in [4.78, 5) is 51.6. The average molecular weight is 548 g/mol. The number of fused-ring (bicyclic) bond motifs is 1. The number of aryl methyl sites for hydroxylation is 2. The maximum absolute atomic E-state index is 13.7.